The van der Waals surface area contributed by atoms with Crippen LogP contribution in [0.25, 0.3) is 11.0 Å². The van der Waals surface area contributed by atoms with Crippen LogP contribution in [0.1, 0.15) is 39.9 Å². The van der Waals surface area contributed by atoms with E-state index in [2.05, 4.69) is 56.6 Å². The van der Waals surface area contributed by atoms with Crippen LogP contribution in [-0.2, 0) is 26.7 Å². The molecule has 5 heterocycles. The van der Waals surface area contributed by atoms with E-state index in [1.807, 2.05) is 30.0 Å². The van der Waals surface area contributed by atoms with E-state index in [9.17, 15) is 9.36 Å². The number of methoxy groups -OCH3 is 1. The molecule has 1 amide bonds. The number of amides is 1. The molecule has 2 saturated heterocycles. The number of rotatable bonds is 12. The van der Waals surface area contributed by atoms with Crippen molar-refractivity contribution in [2.45, 2.75) is 38.9 Å². The summed E-state index contributed by atoms with van der Waals surface area (Å²) < 4.78 is 46.8. The number of nitrogens with one attached hydrogen (secondary N) is 3. The number of aryl methyl sites for hydroxylation is 1. The number of halogens is 2. The van der Waals surface area contributed by atoms with Crippen molar-refractivity contribution >= 4 is 74.6 Å². The van der Waals surface area contributed by atoms with Crippen LogP contribution >= 0.6 is 23.5 Å². The Balaban J connectivity index is 0.951. The summed E-state index contributed by atoms with van der Waals surface area (Å²) in [6, 6.07) is 11.2. The zero-order chi connectivity index (χ0) is 40.6. The van der Waals surface area contributed by atoms with Gasteiger partial charge in [-0.2, -0.15) is 4.98 Å². The minimum atomic E-state index is -3.79. The van der Waals surface area contributed by atoms with E-state index in [0.717, 1.165) is 63.4 Å². The highest BCUT2D eigenvalue weighted by Gasteiger charge is 2.36. The van der Waals surface area contributed by atoms with Gasteiger partial charge in [-0.05, 0) is 72.1 Å². The highest BCUT2D eigenvalue weighted by atomic mass is 79.9. The molecule has 0 spiro atoms. The quantitative estimate of drug-likeness (QED) is 0.121. The van der Waals surface area contributed by atoms with Gasteiger partial charge < -0.3 is 39.5 Å². The zero-order valence-corrected chi connectivity index (χ0v) is 35.2. The van der Waals surface area contributed by atoms with Crippen molar-refractivity contribution < 1.29 is 27.5 Å². The van der Waals surface area contributed by atoms with Crippen LogP contribution in [0.4, 0.5) is 33.2 Å². The first-order chi connectivity index (χ1) is 28.1. The van der Waals surface area contributed by atoms with Gasteiger partial charge in [-0.15, -0.1) is 0 Å². The summed E-state index contributed by atoms with van der Waals surface area (Å²) in [7, 11) is 0.461. The molecular formula is C40H45BrFN10O5P. The van der Waals surface area contributed by atoms with Gasteiger partial charge in [-0.25, -0.2) is 9.37 Å². The molecule has 0 radical (unpaired) electrons. The Morgan fingerprint density at radius 2 is 1.79 bits per heavy atom. The molecule has 8 rings (SSSR count). The van der Waals surface area contributed by atoms with Crippen LogP contribution in [0.5, 0.6) is 5.75 Å². The summed E-state index contributed by atoms with van der Waals surface area (Å²) in [5, 5.41) is 10.1. The minimum Gasteiger partial charge on any atom is -0.494 e. The molecule has 15 nitrogen and oxygen atoms in total. The Morgan fingerprint density at radius 1 is 1.00 bits per heavy atom. The van der Waals surface area contributed by atoms with Gasteiger partial charge in [0, 0.05) is 107 Å². The number of anilines is 5. The molecule has 3 aromatic carbocycles. The predicted octanol–water partition coefficient (Wildman–Crippen LogP) is 6.27. The number of carbonyl (C=O) groups excluding carboxylic acids is 1. The molecule has 1 atom stereocenters. The van der Waals surface area contributed by atoms with Gasteiger partial charge in [0.2, 0.25) is 5.95 Å². The van der Waals surface area contributed by atoms with Gasteiger partial charge in [-0.1, -0.05) is 6.07 Å². The van der Waals surface area contributed by atoms with Crippen LogP contribution in [0.15, 0.2) is 59.5 Å². The molecule has 58 heavy (non-hydrogen) atoms. The second kappa shape index (κ2) is 16.8. The van der Waals surface area contributed by atoms with E-state index < -0.39 is 7.60 Å². The van der Waals surface area contributed by atoms with E-state index in [1.54, 1.807) is 37.7 Å². The number of hydrogen-bond acceptors (Lipinski definition) is 14. The van der Waals surface area contributed by atoms with Gasteiger partial charge in [0.25, 0.3) is 5.91 Å². The number of fused-ring (bicyclic) bond motifs is 2. The van der Waals surface area contributed by atoms with Crippen LogP contribution in [-0.4, -0.2) is 102 Å². The Bertz CT molecular complexity index is 2400. The van der Waals surface area contributed by atoms with E-state index in [1.165, 1.54) is 20.4 Å². The summed E-state index contributed by atoms with van der Waals surface area (Å²) in [5.74, 6) is 0.964. The van der Waals surface area contributed by atoms with Crippen molar-refractivity contribution in [2.24, 2.45) is 0 Å². The Hall–Kier alpha value is -4.77. The Morgan fingerprint density at radius 3 is 2.53 bits per heavy atom. The van der Waals surface area contributed by atoms with Gasteiger partial charge in [0.15, 0.2) is 0 Å². The zero-order valence-electron chi connectivity index (χ0n) is 32.7. The van der Waals surface area contributed by atoms with Gasteiger partial charge >= 0.3 is 7.60 Å². The number of carbonyl (C=O) groups is 1. The summed E-state index contributed by atoms with van der Waals surface area (Å²) in [4.78, 5) is 37.6. The van der Waals surface area contributed by atoms with Gasteiger partial charge in [0.1, 0.15) is 28.2 Å². The Kier molecular flexibility index (Phi) is 11.6. The van der Waals surface area contributed by atoms with E-state index in [4.69, 9.17) is 18.8 Å². The Labute approximate surface area is 344 Å². The monoisotopic (exact) mass is 874 g/mol. The van der Waals surface area contributed by atoms with Crippen LogP contribution in [0.3, 0.4) is 0 Å². The van der Waals surface area contributed by atoms with Crippen molar-refractivity contribution in [3.8, 4) is 5.75 Å². The number of aromatic nitrogens is 4. The molecule has 0 saturated carbocycles. The molecule has 0 aliphatic carbocycles. The molecule has 1 unspecified atom stereocenters. The first-order valence-electron chi connectivity index (χ1n) is 19.1. The molecule has 5 aromatic rings. The maximum Gasteiger partial charge on any atom is 0.365 e. The fraction of sp³-hybridized carbons (Fsp3) is 0.375. The number of piperidine rings is 1. The number of ether oxygens (including phenoxy) is 1. The second-order valence-corrected chi connectivity index (χ2v) is 17.5. The first kappa shape index (κ1) is 40.0. The normalized spacial score (nSPS) is 17.5. The lowest BCUT2D eigenvalue weighted by Gasteiger charge is -2.37. The third-order valence-electron chi connectivity index (χ3n) is 11.1. The highest BCUT2D eigenvalue weighted by Crippen LogP contribution is 2.49. The summed E-state index contributed by atoms with van der Waals surface area (Å²) in [6.45, 7) is 7.56. The van der Waals surface area contributed by atoms with Crippen molar-refractivity contribution in [3.63, 3.8) is 0 Å². The van der Waals surface area contributed by atoms with Crippen molar-refractivity contribution in [2.75, 3.05) is 76.1 Å². The summed E-state index contributed by atoms with van der Waals surface area (Å²) >= 11 is 3.54. The fourth-order valence-corrected chi connectivity index (χ4v) is 9.69. The first-order valence-corrected chi connectivity index (χ1v) is 21.4. The van der Waals surface area contributed by atoms with Crippen LogP contribution in [0.2, 0.25) is 0 Å². The van der Waals surface area contributed by atoms with Gasteiger partial charge in [-0.3, -0.25) is 24.2 Å². The smallest absolute Gasteiger partial charge is 0.365 e. The van der Waals surface area contributed by atoms with Crippen molar-refractivity contribution in [1.29, 1.82) is 0 Å². The molecule has 3 aliphatic heterocycles. The maximum atomic E-state index is 15.9. The molecule has 2 fully saturated rings. The molecule has 304 valence electrons. The number of piperazine rings is 1. The lowest BCUT2D eigenvalue weighted by molar-refractivity contribution is 0.0674. The molecule has 3 N–H and O–H groups in total. The van der Waals surface area contributed by atoms with Crippen LogP contribution in [0, 0.1) is 12.7 Å². The average molecular weight is 876 g/mol. The standard InChI is InChI=1S/C40H45BrFN10O5P/c1-24-18-32(48-40-46-21-29(41)38(49-40)47-31-10-9-30-36(45-13-12-44-30)37(31)58(54,56-3)57-4)34(55-2)19-33(24)51-16-14-50(15-17-51)22-25-7-8-27-28(35(25)42)23-52(39(27)53)26-6-5-11-43-20-26/h7-10,12-13,18-19,21,26,43H,5-6,11,14-17,20,22-23H2,1-4H3,(H2,46,47,48,49). The summed E-state index contributed by atoms with van der Waals surface area (Å²) in [5.41, 5.74) is 5.69. The van der Waals surface area contributed by atoms with Crippen molar-refractivity contribution in [1.82, 2.24) is 35.1 Å². The molecule has 0 bridgehead atoms. The predicted molar refractivity (Wildman–Crippen MR) is 224 cm³/mol. The number of benzene rings is 3. The lowest BCUT2D eigenvalue weighted by atomic mass is 10.0. The van der Waals surface area contributed by atoms with Gasteiger partial charge in [0.05, 0.1) is 35.0 Å². The molecular weight excluding hydrogens is 830 g/mol. The van der Waals surface area contributed by atoms with E-state index in [-0.39, 0.29) is 29.0 Å². The largest absolute Gasteiger partial charge is 0.494 e. The average Bonchev–Trinajstić information content (AvgIpc) is 3.59. The van der Waals surface area contributed by atoms with Crippen LogP contribution < -0.4 is 30.9 Å². The molecule has 2 aromatic heterocycles. The maximum absolute atomic E-state index is 15.9. The fourth-order valence-electron chi connectivity index (χ4n) is 8.03. The minimum absolute atomic E-state index is 0.0629. The van der Waals surface area contributed by atoms with E-state index >= 15 is 4.39 Å². The highest BCUT2D eigenvalue weighted by molar-refractivity contribution is 9.10. The lowest BCUT2D eigenvalue weighted by Crippen LogP contribution is -2.46. The third-order valence-corrected chi connectivity index (χ3v) is 13.6. The summed E-state index contributed by atoms with van der Waals surface area (Å²) in [6.07, 6.45) is 6.64. The second-order valence-electron chi connectivity index (χ2n) is 14.5. The molecule has 3 aliphatic rings. The molecule has 18 heteroatoms. The number of nitrogens with zero attached hydrogens (tertiary/aromatic N) is 7. The third kappa shape index (κ3) is 7.74. The SMILES string of the molecule is COc1cc(N2CCN(Cc3ccc4c(c3F)CN(C3CCCNC3)C4=O)CC2)c(C)cc1Nc1ncc(Br)c(Nc2ccc3nccnc3c2P(=O)(OC)OC)n1. The van der Waals surface area contributed by atoms with Crippen molar-refractivity contribution in [3.05, 3.63) is 87.5 Å². The topological polar surface area (TPSA) is 159 Å². The number of hydrogen-bond donors (Lipinski definition) is 3. The van der Waals surface area contributed by atoms with E-state index in [0.29, 0.717) is 68.2 Å².